The number of phenolic OH excluding ortho intramolecular Hbond substituents is 1. The van der Waals surface area contributed by atoms with Gasteiger partial charge in [-0.25, -0.2) is 4.79 Å². The number of aromatic nitrogens is 3. The van der Waals surface area contributed by atoms with Gasteiger partial charge < -0.3 is 13.9 Å². The highest BCUT2D eigenvalue weighted by molar-refractivity contribution is 7.98. The van der Waals surface area contributed by atoms with Gasteiger partial charge >= 0.3 is 5.63 Å². The number of furan rings is 1. The molecule has 0 atom stereocenters. The second-order valence-electron chi connectivity index (χ2n) is 7.32. The number of fused-ring (bicyclic) bond motifs is 1. The molecule has 3 heterocycles. The zero-order valence-electron chi connectivity index (χ0n) is 17.2. The van der Waals surface area contributed by atoms with Crippen LogP contribution in [0, 0.1) is 6.92 Å². The molecule has 0 saturated heterocycles. The molecule has 1 N–H and O–H groups in total. The van der Waals surface area contributed by atoms with Crippen molar-refractivity contribution in [3.8, 4) is 17.3 Å². The first kappa shape index (κ1) is 20.1. The van der Waals surface area contributed by atoms with Crippen molar-refractivity contribution in [2.24, 2.45) is 0 Å². The minimum atomic E-state index is -0.455. The van der Waals surface area contributed by atoms with Gasteiger partial charge in [0.15, 0.2) is 10.9 Å². The molecule has 5 aromatic rings. The second-order valence-corrected chi connectivity index (χ2v) is 8.26. The number of hydrogen-bond donors (Lipinski definition) is 1. The molecule has 0 amide bonds. The van der Waals surface area contributed by atoms with Crippen molar-refractivity contribution in [1.82, 2.24) is 14.8 Å². The van der Waals surface area contributed by atoms with E-state index in [0.29, 0.717) is 40.2 Å². The Morgan fingerprint density at radius 1 is 1.06 bits per heavy atom. The second kappa shape index (κ2) is 8.39. The van der Waals surface area contributed by atoms with E-state index in [1.54, 1.807) is 25.3 Å². The monoisotopic (exact) mass is 445 g/mol. The minimum Gasteiger partial charge on any atom is -0.508 e. The Hall–Kier alpha value is -3.78. The topological polar surface area (TPSA) is 94.3 Å². The van der Waals surface area contributed by atoms with E-state index in [9.17, 15) is 9.90 Å². The number of aryl methyl sites for hydroxylation is 1. The maximum absolute atomic E-state index is 12.1. The third kappa shape index (κ3) is 3.80. The Bertz CT molecular complexity index is 1440. The largest absolute Gasteiger partial charge is 0.508 e. The lowest BCUT2D eigenvalue weighted by atomic mass is 10.1. The number of benzene rings is 2. The third-order valence-electron chi connectivity index (χ3n) is 5.22. The van der Waals surface area contributed by atoms with Crippen LogP contribution < -0.4 is 5.63 Å². The first-order chi connectivity index (χ1) is 15.6. The fraction of sp³-hybridized carbons (Fsp3) is 0.125. The van der Waals surface area contributed by atoms with Gasteiger partial charge in [0, 0.05) is 22.8 Å². The van der Waals surface area contributed by atoms with E-state index >= 15 is 0 Å². The average molecular weight is 446 g/mol. The van der Waals surface area contributed by atoms with Crippen LogP contribution >= 0.6 is 11.8 Å². The molecule has 0 fully saturated rings. The molecule has 3 aromatic heterocycles. The predicted octanol–water partition coefficient (Wildman–Crippen LogP) is 5.00. The zero-order valence-corrected chi connectivity index (χ0v) is 18.0. The predicted molar refractivity (Wildman–Crippen MR) is 122 cm³/mol. The minimum absolute atomic E-state index is 0.0937. The van der Waals surface area contributed by atoms with Gasteiger partial charge in [0.1, 0.15) is 11.3 Å². The molecule has 7 nitrogen and oxygen atoms in total. The van der Waals surface area contributed by atoms with Crippen molar-refractivity contribution in [3.05, 3.63) is 94.0 Å². The maximum Gasteiger partial charge on any atom is 0.336 e. The van der Waals surface area contributed by atoms with Gasteiger partial charge in [-0.1, -0.05) is 42.1 Å². The summed E-state index contributed by atoms with van der Waals surface area (Å²) in [6.45, 7) is 2.31. The molecule has 0 aliphatic carbocycles. The van der Waals surface area contributed by atoms with Crippen molar-refractivity contribution < 1.29 is 13.9 Å². The summed E-state index contributed by atoms with van der Waals surface area (Å²) in [5, 5.41) is 20.2. The van der Waals surface area contributed by atoms with Crippen LogP contribution in [0.3, 0.4) is 0 Å². The van der Waals surface area contributed by atoms with Gasteiger partial charge in [0.05, 0.1) is 12.8 Å². The summed E-state index contributed by atoms with van der Waals surface area (Å²) in [4.78, 5) is 12.1. The lowest BCUT2D eigenvalue weighted by Gasteiger charge is -2.10. The SMILES string of the molecule is Cc1c(O)ccc2c(CSc3nnc(-c4ccco4)n3Cc3ccccc3)cc(=O)oc12. The highest BCUT2D eigenvalue weighted by Crippen LogP contribution is 2.32. The summed E-state index contributed by atoms with van der Waals surface area (Å²) in [5.74, 6) is 1.85. The van der Waals surface area contributed by atoms with Crippen molar-refractivity contribution in [2.75, 3.05) is 0 Å². The molecule has 0 unspecified atom stereocenters. The van der Waals surface area contributed by atoms with Crippen LogP contribution in [-0.2, 0) is 12.3 Å². The van der Waals surface area contributed by atoms with Crippen LogP contribution in [0.1, 0.15) is 16.7 Å². The molecule has 160 valence electrons. The molecule has 0 spiro atoms. The molecule has 0 aliphatic rings. The third-order valence-corrected chi connectivity index (χ3v) is 6.23. The molecule has 2 aromatic carbocycles. The van der Waals surface area contributed by atoms with Gasteiger partial charge in [0.25, 0.3) is 0 Å². The van der Waals surface area contributed by atoms with Gasteiger partial charge in [-0.3, -0.25) is 4.57 Å². The van der Waals surface area contributed by atoms with Crippen LogP contribution in [0.25, 0.3) is 22.6 Å². The Labute approximate surface area is 187 Å². The average Bonchev–Trinajstić information content (AvgIpc) is 3.46. The van der Waals surface area contributed by atoms with E-state index in [1.165, 1.54) is 17.8 Å². The molecule has 8 heteroatoms. The fourth-order valence-corrected chi connectivity index (χ4v) is 4.50. The zero-order chi connectivity index (χ0) is 22.1. The molecule has 0 saturated carbocycles. The van der Waals surface area contributed by atoms with E-state index in [2.05, 4.69) is 10.2 Å². The lowest BCUT2D eigenvalue weighted by molar-refractivity contribution is 0.468. The number of nitrogens with zero attached hydrogens (tertiary/aromatic N) is 3. The summed E-state index contributed by atoms with van der Waals surface area (Å²) < 4.78 is 12.9. The van der Waals surface area contributed by atoms with Gasteiger partial charge in [-0.05, 0) is 42.3 Å². The summed E-state index contributed by atoms with van der Waals surface area (Å²) in [6, 6.07) is 18.6. The Balaban J connectivity index is 1.51. The van der Waals surface area contributed by atoms with Crippen molar-refractivity contribution in [1.29, 1.82) is 0 Å². The quantitative estimate of drug-likeness (QED) is 0.290. The van der Waals surface area contributed by atoms with Crippen molar-refractivity contribution in [2.45, 2.75) is 24.4 Å². The molecular formula is C24H19N3O4S. The molecule has 0 bridgehead atoms. The van der Waals surface area contributed by atoms with E-state index in [1.807, 2.05) is 47.0 Å². The summed E-state index contributed by atoms with van der Waals surface area (Å²) in [5.41, 5.74) is 2.40. The fourth-order valence-electron chi connectivity index (χ4n) is 3.57. The Kier molecular flexibility index (Phi) is 5.28. The maximum atomic E-state index is 12.1. The smallest absolute Gasteiger partial charge is 0.336 e. The number of aromatic hydroxyl groups is 1. The van der Waals surface area contributed by atoms with E-state index in [-0.39, 0.29) is 5.75 Å². The van der Waals surface area contributed by atoms with E-state index < -0.39 is 5.63 Å². The first-order valence-corrected chi connectivity index (χ1v) is 11.0. The number of hydrogen-bond acceptors (Lipinski definition) is 7. The number of rotatable bonds is 6. The van der Waals surface area contributed by atoms with Crippen molar-refractivity contribution in [3.63, 3.8) is 0 Å². The standard InChI is InChI=1S/C24H19N3O4S/c1-15-19(28)10-9-18-17(12-21(29)31-22(15)18)14-32-24-26-25-23(20-8-5-11-30-20)27(24)13-16-6-3-2-4-7-16/h2-12,28H,13-14H2,1H3. The summed E-state index contributed by atoms with van der Waals surface area (Å²) >= 11 is 1.48. The molecule has 5 rings (SSSR count). The van der Waals surface area contributed by atoms with Crippen LogP contribution in [0.2, 0.25) is 0 Å². The summed E-state index contributed by atoms with van der Waals surface area (Å²) in [7, 11) is 0. The summed E-state index contributed by atoms with van der Waals surface area (Å²) in [6.07, 6.45) is 1.61. The number of phenols is 1. The number of thioether (sulfide) groups is 1. The van der Waals surface area contributed by atoms with Crippen LogP contribution in [0.5, 0.6) is 5.75 Å². The van der Waals surface area contributed by atoms with E-state index in [0.717, 1.165) is 16.5 Å². The Morgan fingerprint density at radius 3 is 2.69 bits per heavy atom. The molecular weight excluding hydrogens is 426 g/mol. The molecule has 0 radical (unpaired) electrons. The van der Waals surface area contributed by atoms with Gasteiger partial charge in [0.2, 0.25) is 5.82 Å². The van der Waals surface area contributed by atoms with Gasteiger partial charge in [-0.15, -0.1) is 10.2 Å². The highest BCUT2D eigenvalue weighted by Gasteiger charge is 2.18. The normalized spacial score (nSPS) is 11.3. The van der Waals surface area contributed by atoms with Crippen molar-refractivity contribution >= 4 is 22.7 Å². The lowest BCUT2D eigenvalue weighted by Crippen LogP contribution is -2.04. The van der Waals surface area contributed by atoms with Crippen LogP contribution in [0.4, 0.5) is 0 Å². The first-order valence-electron chi connectivity index (χ1n) is 9.99. The van der Waals surface area contributed by atoms with Crippen LogP contribution in [-0.4, -0.2) is 19.9 Å². The van der Waals surface area contributed by atoms with Gasteiger partial charge in [-0.2, -0.15) is 0 Å². The van der Waals surface area contributed by atoms with Crippen LogP contribution in [0.15, 0.2) is 85.7 Å². The highest BCUT2D eigenvalue weighted by atomic mass is 32.2. The molecule has 0 aliphatic heterocycles. The van der Waals surface area contributed by atoms with E-state index in [4.69, 9.17) is 8.83 Å². The molecule has 32 heavy (non-hydrogen) atoms. The Morgan fingerprint density at radius 2 is 1.91 bits per heavy atom.